The Bertz CT molecular complexity index is 433. The standard InChI is InChI=1S/C13H17BrN2O2/c1-3-5-10(2)15-16-13(17)9-18-12-7-4-6-11(14)8-12/h4,6-8H,3,5,9H2,1-2H3,(H,16,17)/b15-10-. The first kappa shape index (κ1) is 14.7. The van der Waals surface area contributed by atoms with E-state index in [0.717, 1.165) is 23.0 Å². The Morgan fingerprint density at radius 3 is 2.94 bits per heavy atom. The summed E-state index contributed by atoms with van der Waals surface area (Å²) in [5, 5.41) is 3.97. The van der Waals surface area contributed by atoms with Gasteiger partial charge >= 0.3 is 0 Å². The largest absolute Gasteiger partial charge is 0.484 e. The van der Waals surface area contributed by atoms with Gasteiger partial charge in [-0.25, -0.2) is 5.43 Å². The van der Waals surface area contributed by atoms with Crippen molar-refractivity contribution in [2.75, 3.05) is 6.61 Å². The number of nitrogens with zero attached hydrogens (tertiary/aromatic N) is 1. The van der Waals surface area contributed by atoms with Gasteiger partial charge in [-0.05, 0) is 31.5 Å². The van der Waals surface area contributed by atoms with Crippen molar-refractivity contribution >= 4 is 27.5 Å². The minimum Gasteiger partial charge on any atom is -0.484 e. The first-order valence-electron chi connectivity index (χ1n) is 5.82. The number of carbonyl (C=O) groups is 1. The molecule has 1 rings (SSSR count). The Morgan fingerprint density at radius 1 is 1.50 bits per heavy atom. The Kier molecular flexibility index (Phi) is 6.43. The summed E-state index contributed by atoms with van der Waals surface area (Å²) in [6.07, 6.45) is 1.90. The lowest BCUT2D eigenvalue weighted by atomic mass is 10.2. The van der Waals surface area contributed by atoms with Crippen LogP contribution in [0.25, 0.3) is 0 Å². The zero-order valence-electron chi connectivity index (χ0n) is 10.6. The van der Waals surface area contributed by atoms with Crippen LogP contribution in [0.15, 0.2) is 33.8 Å². The molecule has 0 unspecified atom stereocenters. The topological polar surface area (TPSA) is 50.7 Å². The van der Waals surface area contributed by atoms with Crippen LogP contribution in [0, 0.1) is 0 Å². The van der Waals surface area contributed by atoms with Gasteiger partial charge in [0.1, 0.15) is 5.75 Å². The highest BCUT2D eigenvalue weighted by atomic mass is 79.9. The average molecular weight is 313 g/mol. The Hall–Kier alpha value is -1.36. The molecule has 1 aromatic carbocycles. The summed E-state index contributed by atoms with van der Waals surface area (Å²) in [6, 6.07) is 7.34. The van der Waals surface area contributed by atoms with Crippen LogP contribution >= 0.6 is 15.9 Å². The lowest BCUT2D eigenvalue weighted by Gasteiger charge is -2.05. The Balaban J connectivity index is 2.35. The van der Waals surface area contributed by atoms with E-state index in [2.05, 4.69) is 33.4 Å². The van der Waals surface area contributed by atoms with Gasteiger partial charge in [0.05, 0.1) is 0 Å². The van der Waals surface area contributed by atoms with Crippen LogP contribution in [0.5, 0.6) is 5.75 Å². The van der Waals surface area contributed by atoms with Crippen LogP contribution in [-0.2, 0) is 4.79 Å². The molecule has 0 radical (unpaired) electrons. The van der Waals surface area contributed by atoms with E-state index in [1.807, 2.05) is 19.1 Å². The smallest absolute Gasteiger partial charge is 0.277 e. The summed E-state index contributed by atoms with van der Waals surface area (Å²) in [6.45, 7) is 3.91. The van der Waals surface area contributed by atoms with Gasteiger partial charge in [0, 0.05) is 10.2 Å². The van der Waals surface area contributed by atoms with Crippen LogP contribution in [0.2, 0.25) is 0 Å². The third-order valence-electron chi connectivity index (χ3n) is 2.15. The van der Waals surface area contributed by atoms with E-state index in [-0.39, 0.29) is 12.5 Å². The third kappa shape index (κ3) is 5.82. The summed E-state index contributed by atoms with van der Waals surface area (Å²) >= 11 is 3.33. The van der Waals surface area contributed by atoms with Crippen molar-refractivity contribution in [3.05, 3.63) is 28.7 Å². The van der Waals surface area contributed by atoms with Crippen LogP contribution < -0.4 is 10.2 Å². The monoisotopic (exact) mass is 312 g/mol. The van der Waals surface area contributed by atoms with Gasteiger partial charge in [-0.1, -0.05) is 35.3 Å². The number of hydrazone groups is 1. The van der Waals surface area contributed by atoms with E-state index in [1.165, 1.54) is 0 Å². The molecule has 4 nitrogen and oxygen atoms in total. The quantitative estimate of drug-likeness (QED) is 0.648. The highest BCUT2D eigenvalue weighted by Crippen LogP contribution is 2.17. The van der Waals surface area contributed by atoms with Crippen LogP contribution in [-0.4, -0.2) is 18.2 Å². The number of amides is 1. The number of benzene rings is 1. The Labute approximate surface area is 116 Å². The molecule has 0 fully saturated rings. The molecular weight excluding hydrogens is 296 g/mol. The molecular formula is C13H17BrN2O2. The second kappa shape index (κ2) is 7.87. The molecule has 5 heteroatoms. The van der Waals surface area contributed by atoms with Gasteiger partial charge < -0.3 is 4.74 Å². The molecule has 0 heterocycles. The molecule has 1 amide bonds. The second-order valence-electron chi connectivity index (χ2n) is 3.88. The van der Waals surface area contributed by atoms with Crippen LogP contribution in [0.1, 0.15) is 26.7 Å². The summed E-state index contributed by atoms with van der Waals surface area (Å²) in [5.41, 5.74) is 3.37. The molecule has 0 atom stereocenters. The van der Waals surface area contributed by atoms with Gasteiger partial charge in [0.2, 0.25) is 0 Å². The number of hydrogen-bond donors (Lipinski definition) is 1. The number of ether oxygens (including phenoxy) is 1. The fraction of sp³-hybridized carbons (Fsp3) is 0.385. The molecule has 0 aromatic heterocycles. The normalized spacial score (nSPS) is 11.2. The molecule has 0 aliphatic carbocycles. The first-order valence-corrected chi connectivity index (χ1v) is 6.61. The van der Waals surface area contributed by atoms with Gasteiger partial charge in [0.25, 0.3) is 5.91 Å². The Morgan fingerprint density at radius 2 is 2.28 bits per heavy atom. The van der Waals surface area contributed by atoms with Crippen LogP contribution in [0.3, 0.4) is 0 Å². The summed E-state index contributed by atoms with van der Waals surface area (Å²) in [5.74, 6) is 0.388. The minimum absolute atomic E-state index is 0.0423. The third-order valence-corrected chi connectivity index (χ3v) is 2.64. The molecule has 0 aliphatic heterocycles. The van der Waals surface area contributed by atoms with E-state index in [1.54, 1.807) is 12.1 Å². The lowest BCUT2D eigenvalue weighted by molar-refractivity contribution is -0.123. The molecule has 0 saturated heterocycles. The highest BCUT2D eigenvalue weighted by molar-refractivity contribution is 9.10. The lowest BCUT2D eigenvalue weighted by Crippen LogP contribution is -2.25. The van der Waals surface area contributed by atoms with E-state index in [9.17, 15) is 4.79 Å². The maximum absolute atomic E-state index is 11.5. The molecule has 18 heavy (non-hydrogen) atoms. The maximum atomic E-state index is 11.5. The zero-order chi connectivity index (χ0) is 13.4. The van der Waals surface area contributed by atoms with Crippen molar-refractivity contribution in [2.45, 2.75) is 26.7 Å². The van der Waals surface area contributed by atoms with Crippen molar-refractivity contribution in [1.29, 1.82) is 0 Å². The zero-order valence-corrected chi connectivity index (χ0v) is 12.2. The fourth-order valence-corrected chi connectivity index (χ4v) is 1.69. The van der Waals surface area contributed by atoms with Crippen molar-refractivity contribution in [1.82, 2.24) is 5.43 Å². The molecule has 0 aliphatic rings. The number of rotatable bonds is 6. The SMILES string of the molecule is CCC/C(C)=N\NC(=O)COc1cccc(Br)c1. The van der Waals surface area contributed by atoms with Gasteiger partial charge in [-0.15, -0.1) is 0 Å². The van der Waals surface area contributed by atoms with E-state index in [4.69, 9.17) is 4.74 Å². The van der Waals surface area contributed by atoms with Gasteiger partial charge in [-0.2, -0.15) is 5.10 Å². The summed E-state index contributed by atoms with van der Waals surface area (Å²) in [4.78, 5) is 11.5. The molecule has 0 spiro atoms. The second-order valence-corrected chi connectivity index (χ2v) is 4.79. The fourth-order valence-electron chi connectivity index (χ4n) is 1.31. The minimum atomic E-state index is -0.259. The maximum Gasteiger partial charge on any atom is 0.277 e. The van der Waals surface area contributed by atoms with Crippen molar-refractivity contribution in [2.24, 2.45) is 5.10 Å². The number of nitrogens with one attached hydrogen (secondary N) is 1. The molecule has 1 N–H and O–H groups in total. The summed E-state index contributed by atoms with van der Waals surface area (Å²) in [7, 11) is 0. The summed E-state index contributed by atoms with van der Waals surface area (Å²) < 4.78 is 6.24. The first-order chi connectivity index (χ1) is 8.61. The average Bonchev–Trinajstić information content (AvgIpc) is 2.34. The molecule has 0 saturated carbocycles. The molecule has 98 valence electrons. The van der Waals surface area contributed by atoms with Gasteiger partial charge in [-0.3, -0.25) is 4.79 Å². The molecule has 0 bridgehead atoms. The number of hydrogen-bond acceptors (Lipinski definition) is 3. The van der Waals surface area contributed by atoms with Crippen molar-refractivity contribution < 1.29 is 9.53 Å². The highest BCUT2D eigenvalue weighted by Gasteiger charge is 2.02. The predicted octanol–water partition coefficient (Wildman–Crippen LogP) is 3.12. The molecule has 1 aromatic rings. The van der Waals surface area contributed by atoms with Crippen molar-refractivity contribution in [3.8, 4) is 5.75 Å². The van der Waals surface area contributed by atoms with Crippen LogP contribution in [0.4, 0.5) is 0 Å². The predicted molar refractivity (Wildman–Crippen MR) is 75.8 cm³/mol. The van der Waals surface area contributed by atoms with E-state index >= 15 is 0 Å². The number of carbonyl (C=O) groups excluding carboxylic acids is 1. The number of halogens is 1. The van der Waals surface area contributed by atoms with E-state index < -0.39 is 0 Å². The van der Waals surface area contributed by atoms with Crippen molar-refractivity contribution in [3.63, 3.8) is 0 Å². The van der Waals surface area contributed by atoms with E-state index in [0.29, 0.717) is 5.75 Å². The van der Waals surface area contributed by atoms with Gasteiger partial charge in [0.15, 0.2) is 6.61 Å².